The van der Waals surface area contributed by atoms with Gasteiger partial charge >= 0.3 is 5.97 Å². The maximum absolute atomic E-state index is 13.2. The summed E-state index contributed by atoms with van der Waals surface area (Å²) in [5.74, 6) is -1.13. The predicted molar refractivity (Wildman–Crippen MR) is 66.7 cm³/mol. The summed E-state index contributed by atoms with van der Waals surface area (Å²) >= 11 is 0. The minimum Gasteiger partial charge on any atom is -0.459 e. The number of esters is 1. The molecule has 1 heterocycles. The largest absolute Gasteiger partial charge is 0.459 e. The minimum absolute atomic E-state index is 0.101. The molecule has 5 heteroatoms. The summed E-state index contributed by atoms with van der Waals surface area (Å²) in [4.78, 5) is 14.1. The second kappa shape index (κ2) is 5.35. The van der Waals surface area contributed by atoms with Crippen LogP contribution in [0.3, 0.4) is 0 Å². The summed E-state index contributed by atoms with van der Waals surface area (Å²) < 4.78 is 18.6. The number of hydrogen-bond donors (Lipinski definition) is 1. The van der Waals surface area contributed by atoms with Crippen molar-refractivity contribution in [3.05, 3.63) is 29.6 Å². The van der Waals surface area contributed by atoms with Crippen LogP contribution in [0.4, 0.5) is 10.1 Å². The van der Waals surface area contributed by atoms with Gasteiger partial charge in [-0.05, 0) is 32.0 Å². The van der Waals surface area contributed by atoms with Crippen LogP contribution >= 0.6 is 0 Å². The number of rotatable bonds is 2. The number of nitrogen functional groups attached to an aromatic ring is 1. The predicted octanol–water partition coefficient (Wildman–Crippen LogP) is 1.66. The summed E-state index contributed by atoms with van der Waals surface area (Å²) in [6.07, 6.45) is 1.51. The van der Waals surface area contributed by atoms with E-state index >= 15 is 0 Å². The number of para-hydroxylation sites is 1. The number of anilines is 1. The van der Waals surface area contributed by atoms with Gasteiger partial charge in [-0.1, -0.05) is 6.07 Å². The Kier molecular flexibility index (Phi) is 3.81. The lowest BCUT2D eigenvalue weighted by Gasteiger charge is -2.28. The van der Waals surface area contributed by atoms with E-state index in [4.69, 9.17) is 10.5 Å². The van der Waals surface area contributed by atoms with Crippen molar-refractivity contribution in [1.29, 1.82) is 0 Å². The van der Waals surface area contributed by atoms with E-state index in [0.717, 1.165) is 25.9 Å². The zero-order chi connectivity index (χ0) is 13.1. The highest BCUT2D eigenvalue weighted by molar-refractivity contribution is 5.95. The van der Waals surface area contributed by atoms with Crippen molar-refractivity contribution in [3.8, 4) is 0 Å². The molecule has 98 valence electrons. The number of piperidine rings is 1. The molecule has 1 aliphatic rings. The van der Waals surface area contributed by atoms with Crippen molar-refractivity contribution in [3.63, 3.8) is 0 Å². The number of carbonyl (C=O) groups is 1. The lowest BCUT2D eigenvalue weighted by molar-refractivity contribution is 0.0140. The average molecular weight is 252 g/mol. The average Bonchev–Trinajstić information content (AvgIpc) is 2.35. The number of hydrogen-bond acceptors (Lipinski definition) is 4. The molecule has 0 bridgehead atoms. The van der Waals surface area contributed by atoms with Gasteiger partial charge in [-0.25, -0.2) is 9.18 Å². The number of halogens is 1. The van der Waals surface area contributed by atoms with Gasteiger partial charge < -0.3 is 15.4 Å². The van der Waals surface area contributed by atoms with E-state index in [1.165, 1.54) is 18.2 Å². The van der Waals surface area contributed by atoms with Gasteiger partial charge in [0.2, 0.25) is 0 Å². The van der Waals surface area contributed by atoms with Crippen LogP contribution in [-0.2, 0) is 4.74 Å². The normalized spacial score (nSPS) is 17.7. The van der Waals surface area contributed by atoms with Crippen molar-refractivity contribution >= 4 is 11.7 Å². The smallest absolute Gasteiger partial charge is 0.340 e. The number of likely N-dealkylation sites (tertiary alicyclic amines) is 1. The Morgan fingerprint density at radius 2 is 2.11 bits per heavy atom. The summed E-state index contributed by atoms with van der Waals surface area (Å²) in [6.45, 7) is 1.80. The molecule has 1 saturated heterocycles. The monoisotopic (exact) mass is 252 g/mol. The van der Waals surface area contributed by atoms with Crippen molar-refractivity contribution in [2.45, 2.75) is 18.9 Å². The third-order valence-corrected chi connectivity index (χ3v) is 3.21. The molecule has 0 aliphatic carbocycles. The first-order chi connectivity index (χ1) is 8.58. The molecule has 0 unspecified atom stereocenters. The Balaban J connectivity index is 2.01. The third-order valence-electron chi connectivity index (χ3n) is 3.21. The van der Waals surface area contributed by atoms with Crippen LogP contribution in [0.1, 0.15) is 23.2 Å². The molecule has 1 aliphatic heterocycles. The van der Waals surface area contributed by atoms with E-state index in [1.807, 2.05) is 7.05 Å². The summed E-state index contributed by atoms with van der Waals surface area (Å²) in [7, 11) is 2.03. The van der Waals surface area contributed by atoms with Gasteiger partial charge in [0, 0.05) is 13.1 Å². The number of ether oxygens (including phenoxy) is 1. The second-order valence-corrected chi connectivity index (χ2v) is 4.61. The van der Waals surface area contributed by atoms with Gasteiger partial charge in [-0.2, -0.15) is 0 Å². The SMILES string of the molecule is CN1CCC(OC(=O)c2cccc(F)c2N)CC1. The third kappa shape index (κ3) is 2.79. The molecule has 0 atom stereocenters. The molecule has 1 aromatic carbocycles. The lowest BCUT2D eigenvalue weighted by Crippen LogP contribution is -2.35. The fourth-order valence-electron chi connectivity index (χ4n) is 2.03. The lowest BCUT2D eigenvalue weighted by atomic mass is 10.1. The molecule has 18 heavy (non-hydrogen) atoms. The molecule has 0 radical (unpaired) electrons. The van der Waals surface area contributed by atoms with Crippen LogP contribution in [0.2, 0.25) is 0 Å². The Hall–Kier alpha value is -1.62. The molecule has 0 amide bonds. The molecular formula is C13H17FN2O2. The summed E-state index contributed by atoms with van der Waals surface area (Å²) in [6, 6.07) is 4.16. The summed E-state index contributed by atoms with van der Waals surface area (Å²) in [5, 5.41) is 0. The molecule has 0 aromatic heterocycles. The highest BCUT2D eigenvalue weighted by Crippen LogP contribution is 2.19. The van der Waals surface area contributed by atoms with Crippen molar-refractivity contribution < 1.29 is 13.9 Å². The Labute approximate surface area is 106 Å². The quantitative estimate of drug-likeness (QED) is 0.642. The molecule has 1 aromatic rings. The number of carbonyl (C=O) groups excluding carboxylic acids is 1. The van der Waals surface area contributed by atoms with Crippen LogP contribution in [0, 0.1) is 5.82 Å². The molecular weight excluding hydrogens is 235 g/mol. The highest BCUT2D eigenvalue weighted by Gasteiger charge is 2.22. The standard InChI is InChI=1S/C13H17FN2O2/c1-16-7-5-9(6-8-16)18-13(17)10-3-2-4-11(14)12(10)15/h2-4,9H,5-8,15H2,1H3. The van der Waals surface area contributed by atoms with E-state index in [1.54, 1.807) is 0 Å². The molecule has 0 spiro atoms. The van der Waals surface area contributed by atoms with Crippen LogP contribution in [0.15, 0.2) is 18.2 Å². The van der Waals surface area contributed by atoms with E-state index in [-0.39, 0.29) is 17.4 Å². The first-order valence-corrected chi connectivity index (χ1v) is 6.01. The van der Waals surface area contributed by atoms with E-state index in [9.17, 15) is 9.18 Å². The maximum Gasteiger partial charge on any atom is 0.340 e. The van der Waals surface area contributed by atoms with Crippen molar-refractivity contribution in [2.75, 3.05) is 25.9 Å². The zero-order valence-corrected chi connectivity index (χ0v) is 10.4. The molecule has 2 N–H and O–H groups in total. The molecule has 4 nitrogen and oxygen atoms in total. The number of benzene rings is 1. The highest BCUT2D eigenvalue weighted by atomic mass is 19.1. The minimum atomic E-state index is -0.590. The Morgan fingerprint density at radius 3 is 2.78 bits per heavy atom. The second-order valence-electron chi connectivity index (χ2n) is 4.61. The maximum atomic E-state index is 13.2. The van der Waals surface area contributed by atoms with E-state index in [2.05, 4.69) is 4.90 Å². The fourth-order valence-corrected chi connectivity index (χ4v) is 2.03. The van der Waals surface area contributed by atoms with Gasteiger partial charge in [0.05, 0.1) is 11.3 Å². The van der Waals surface area contributed by atoms with Crippen molar-refractivity contribution in [2.24, 2.45) is 0 Å². The molecule has 2 rings (SSSR count). The molecule has 1 fully saturated rings. The Morgan fingerprint density at radius 1 is 1.44 bits per heavy atom. The van der Waals surface area contributed by atoms with Crippen LogP contribution in [0.25, 0.3) is 0 Å². The summed E-state index contributed by atoms with van der Waals surface area (Å²) in [5.41, 5.74) is 5.49. The first kappa shape index (κ1) is 12.8. The topological polar surface area (TPSA) is 55.6 Å². The van der Waals surface area contributed by atoms with Gasteiger partial charge in [-0.15, -0.1) is 0 Å². The van der Waals surface area contributed by atoms with Gasteiger partial charge in [0.1, 0.15) is 11.9 Å². The van der Waals surface area contributed by atoms with Crippen LogP contribution in [0.5, 0.6) is 0 Å². The van der Waals surface area contributed by atoms with Crippen LogP contribution in [-0.4, -0.2) is 37.1 Å². The fraction of sp³-hybridized carbons (Fsp3) is 0.462. The first-order valence-electron chi connectivity index (χ1n) is 6.01. The molecule has 0 saturated carbocycles. The van der Waals surface area contributed by atoms with Gasteiger partial charge in [0.15, 0.2) is 0 Å². The Bertz CT molecular complexity index is 443. The van der Waals surface area contributed by atoms with E-state index < -0.39 is 11.8 Å². The zero-order valence-electron chi connectivity index (χ0n) is 10.4. The van der Waals surface area contributed by atoms with E-state index in [0.29, 0.717) is 0 Å². The van der Waals surface area contributed by atoms with Crippen molar-refractivity contribution in [1.82, 2.24) is 4.90 Å². The van der Waals surface area contributed by atoms with Gasteiger partial charge in [0.25, 0.3) is 0 Å². The number of nitrogens with two attached hydrogens (primary N) is 1. The number of nitrogens with zero attached hydrogens (tertiary/aromatic N) is 1. The van der Waals surface area contributed by atoms with Crippen LogP contribution < -0.4 is 5.73 Å². The van der Waals surface area contributed by atoms with Gasteiger partial charge in [-0.3, -0.25) is 0 Å².